The van der Waals surface area contributed by atoms with Crippen LogP contribution < -0.4 is 0 Å². The SMILES string of the molecule is CCC(C)n1ccc(CC(O)c2cc(Cl)ccc2C)n1. The van der Waals surface area contributed by atoms with E-state index in [9.17, 15) is 5.11 Å². The molecule has 0 radical (unpaired) electrons. The van der Waals surface area contributed by atoms with E-state index in [-0.39, 0.29) is 0 Å². The molecule has 1 aromatic heterocycles. The third-order valence-corrected chi connectivity index (χ3v) is 3.94. The van der Waals surface area contributed by atoms with Crippen molar-refractivity contribution in [2.45, 2.75) is 45.8 Å². The van der Waals surface area contributed by atoms with Gasteiger partial charge in [0.2, 0.25) is 0 Å². The third-order valence-electron chi connectivity index (χ3n) is 3.71. The Kier molecular flexibility index (Phi) is 4.84. The van der Waals surface area contributed by atoms with Crippen LogP contribution in [0.1, 0.15) is 49.2 Å². The van der Waals surface area contributed by atoms with Gasteiger partial charge < -0.3 is 5.11 Å². The number of nitrogens with zero attached hydrogens (tertiary/aromatic N) is 2. The van der Waals surface area contributed by atoms with Gasteiger partial charge in [-0.05, 0) is 49.6 Å². The standard InChI is InChI=1S/C16H21ClN2O/c1-4-12(3)19-8-7-14(18-19)10-16(20)15-9-13(17)6-5-11(15)2/h5-9,12,16,20H,4,10H2,1-3H3. The highest BCUT2D eigenvalue weighted by atomic mass is 35.5. The van der Waals surface area contributed by atoms with Gasteiger partial charge in [-0.25, -0.2) is 0 Å². The summed E-state index contributed by atoms with van der Waals surface area (Å²) in [5.74, 6) is 0. The van der Waals surface area contributed by atoms with Gasteiger partial charge in [0, 0.05) is 23.7 Å². The van der Waals surface area contributed by atoms with Crippen molar-refractivity contribution < 1.29 is 5.11 Å². The van der Waals surface area contributed by atoms with Crippen LogP contribution in [0.4, 0.5) is 0 Å². The van der Waals surface area contributed by atoms with Crippen LogP contribution in [-0.4, -0.2) is 14.9 Å². The summed E-state index contributed by atoms with van der Waals surface area (Å²) in [7, 11) is 0. The van der Waals surface area contributed by atoms with Crippen LogP contribution in [0.25, 0.3) is 0 Å². The minimum atomic E-state index is -0.575. The van der Waals surface area contributed by atoms with Crippen LogP contribution in [0, 0.1) is 6.92 Å². The molecule has 0 spiro atoms. The number of aliphatic hydroxyl groups excluding tert-OH is 1. The number of aromatic nitrogens is 2. The zero-order valence-corrected chi connectivity index (χ0v) is 12.9. The summed E-state index contributed by atoms with van der Waals surface area (Å²) < 4.78 is 1.95. The maximum Gasteiger partial charge on any atom is 0.0849 e. The van der Waals surface area contributed by atoms with Crippen molar-refractivity contribution in [3.8, 4) is 0 Å². The van der Waals surface area contributed by atoms with Crippen molar-refractivity contribution in [3.05, 3.63) is 52.3 Å². The molecule has 2 atom stereocenters. The number of hydrogen-bond donors (Lipinski definition) is 1. The van der Waals surface area contributed by atoms with Gasteiger partial charge in [0.25, 0.3) is 0 Å². The van der Waals surface area contributed by atoms with Gasteiger partial charge in [-0.1, -0.05) is 24.6 Å². The molecule has 0 aliphatic rings. The molecule has 2 aromatic rings. The van der Waals surface area contributed by atoms with Crippen molar-refractivity contribution in [1.82, 2.24) is 9.78 Å². The molecule has 1 heterocycles. The Morgan fingerprint density at radius 3 is 2.80 bits per heavy atom. The Hall–Kier alpha value is -1.32. The maximum atomic E-state index is 10.4. The van der Waals surface area contributed by atoms with E-state index in [2.05, 4.69) is 18.9 Å². The monoisotopic (exact) mass is 292 g/mol. The summed E-state index contributed by atoms with van der Waals surface area (Å²) in [4.78, 5) is 0. The first kappa shape index (κ1) is 15.1. The predicted octanol–water partition coefficient (Wildman–Crippen LogP) is 4.09. The second kappa shape index (κ2) is 6.42. The van der Waals surface area contributed by atoms with Gasteiger partial charge in [0.15, 0.2) is 0 Å². The molecule has 2 rings (SSSR count). The summed E-state index contributed by atoms with van der Waals surface area (Å²) in [6.45, 7) is 6.25. The molecule has 0 saturated heterocycles. The zero-order valence-electron chi connectivity index (χ0n) is 12.2. The summed E-state index contributed by atoms with van der Waals surface area (Å²) in [5, 5.41) is 15.5. The summed E-state index contributed by atoms with van der Waals surface area (Å²) >= 11 is 6.00. The van der Waals surface area contributed by atoms with Gasteiger partial charge in [-0.2, -0.15) is 5.10 Å². The fourth-order valence-electron chi connectivity index (χ4n) is 2.20. The van der Waals surface area contributed by atoms with Crippen LogP contribution in [0.15, 0.2) is 30.5 Å². The van der Waals surface area contributed by atoms with Crippen LogP contribution in [-0.2, 0) is 6.42 Å². The molecule has 0 aliphatic carbocycles. The number of aliphatic hydroxyl groups is 1. The molecule has 0 saturated carbocycles. The Morgan fingerprint density at radius 2 is 2.10 bits per heavy atom. The number of halogens is 1. The van der Waals surface area contributed by atoms with Gasteiger partial charge in [0.05, 0.1) is 11.8 Å². The molecule has 4 heteroatoms. The average Bonchev–Trinajstić information content (AvgIpc) is 2.89. The van der Waals surface area contributed by atoms with Crippen LogP contribution in [0.5, 0.6) is 0 Å². The smallest absolute Gasteiger partial charge is 0.0849 e. The van der Waals surface area contributed by atoms with Crippen molar-refractivity contribution in [1.29, 1.82) is 0 Å². The van der Waals surface area contributed by atoms with E-state index in [0.29, 0.717) is 17.5 Å². The lowest BCUT2D eigenvalue weighted by Gasteiger charge is -2.13. The molecule has 2 unspecified atom stereocenters. The fourth-order valence-corrected chi connectivity index (χ4v) is 2.38. The number of benzene rings is 1. The van der Waals surface area contributed by atoms with Crippen molar-refractivity contribution in [3.63, 3.8) is 0 Å². The number of aryl methyl sites for hydroxylation is 1. The quantitative estimate of drug-likeness (QED) is 0.901. The Balaban J connectivity index is 2.13. The highest BCUT2D eigenvalue weighted by Crippen LogP contribution is 2.24. The van der Waals surface area contributed by atoms with Crippen LogP contribution in [0.3, 0.4) is 0 Å². The normalized spacial score (nSPS) is 14.2. The largest absolute Gasteiger partial charge is 0.388 e. The van der Waals surface area contributed by atoms with E-state index in [0.717, 1.165) is 23.2 Å². The lowest BCUT2D eigenvalue weighted by atomic mass is 10.0. The molecule has 1 N–H and O–H groups in total. The lowest BCUT2D eigenvalue weighted by molar-refractivity contribution is 0.176. The summed E-state index contributed by atoms with van der Waals surface area (Å²) in [6.07, 6.45) is 2.94. The molecule has 108 valence electrons. The minimum Gasteiger partial charge on any atom is -0.388 e. The molecular weight excluding hydrogens is 272 g/mol. The molecule has 1 aromatic carbocycles. The first-order valence-electron chi connectivity index (χ1n) is 6.99. The second-order valence-corrected chi connectivity index (χ2v) is 5.70. The van der Waals surface area contributed by atoms with Gasteiger partial charge >= 0.3 is 0 Å². The van der Waals surface area contributed by atoms with Crippen LogP contribution in [0.2, 0.25) is 5.02 Å². The van der Waals surface area contributed by atoms with Gasteiger partial charge in [0.1, 0.15) is 0 Å². The number of hydrogen-bond acceptors (Lipinski definition) is 2. The second-order valence-electron chi connectivity index (χ2n) is 5.27. The molecule has 20 heavy (non-hydrogen) atoms. The maximum absolute atomic E-state index is 10.4. The highest BCUT2D eigenvalue weighted by Gasteiger charge is 2.14. The first-order chi connectivity index (χ1) is 9.51. The Bertz CT molecular complexity index is 580. The average molecular weight is 293 g/mol. The molecule has 3 nitrogen and oxygen atoms in total. The van der Waals surface area contributed by atoms with Gasteiger partial charge in [-0.15, -0.1) is 0 Å². The van der Waals surface area contributed by atoms with Crippen molar-refractivity contribution >= 4 is 11.6 Å². The highest BCUT2D eigenvalue weighted by molar-refractivity contribution is 6.30. The first-order valence-corrected chi connectivity index (χ1v) is 7.37. The minimum absolute atomic E-state index is 0.383. The van der Waals surface area contributed by atoms with Crippen molar-refractivity contribution in [2.75, 3.05) is 0 Å². The molecule has 0 amide bonds. The number of rotatable bonds is 5. The topological polar surface area (TPSA) is 38.0 Å². The van der Waals surface area contributed by atoms with E-state index >= 15 is 0 Å². The van der Waals surface area contributed by atoms with E-state index in [1.54, 1.807) is 0 Å². The third kappa shape index (κ3) is 3.41. The van der Waals surface area contributed by atoms with E-state index in [4.69, 9.17) is 11.6 Å². The Morgan fingerprint density at radius 1 is 1.35 bits per heavy atom. The molecule has 0 fully saturated rings. The van der Waals surface area contributed by atoms with E-state index in [1.807, 2.05) is 42.1 Å². The fraction of sp³-hybridized carbons (Fsp3) is 0.438. The van der Waals surface area contributed by atoms with E-state index < -0.39 is 6.10 Å². The van der Waals surface area contributed by atoms with E-state index in [1.165, 1.54) is 0 Å². The molecular formula is C16H21ClN2O. The van der Waals surface area contributed by atoms with Gasteiger partial charge in [-0.3, -0.25) is 4.68 Å². The molecule has 0 aliphatic heterocycles. The Labute approximate surface area is 125 Å². The zero-order chi connectivity index (χ0) is 14.7. The predicted molar refractivity (Wildman–Crippen MR) is 82.1 cm³/mol. The van der Waals surface area contributed by atoms with Crippen LogP contribution >= 0.6 is 11.6 Å². The molecule has 0 bridgehead atoms. The summed E-state index contributed by atoms with van der Waals surface area (Å²) in [6, 6.07) is 7.94. The summed E-state index contributed by atoms with van der Waals surface area (Å²) in [5.41, 5.74) is 2.82. The lowest BCUT2D eigenvalue weighted by Crippen LogP contribution is -2.07. The van der Waals surface area contributed by atoms with Crippen molar-refractivity contribution in [2.24, 2.45) is 0 Å².